The fourth-order valence-electron chi connectivity index (χ4n) is 4.16. The van der Waals surface area contributed by atoms with Gasteiger partial charge in [0.1, 0.15) is 22.2 Å². The predicted molar refractivity (Wildman–Crippen MR) is 122 cm³/mol. The van der Waals surface area contributed by atoms with Crippen molar-refractivity contribution in [3.05, 3.63) is 47.5 Å². The number of carbonyl (C=O) groups excluding carboxylic acids is 1. The van der Waals surface area contributed by atoms with Crippen molar-refractivity contribution in [3.8, 4) is 11.5 Å². The molecule has 4 rings (SSSR count). The summed E-state index contributed by atoms with van der Waals surface area (Å²) >= 11 is 0. The van der Waals surface area contributed by atoms with E-state index >= 15 is 0 Å². The van der Waals surface area contributed by atoms with Crippen LogP contribution in [0.25, 0.3) is 0 Å². The van der Waals surface area contributed by atoms with Gasteiger partial charge in [0.15, 0.2) is 0 Å². The van der Waals surface area contributed by atoms with Gasteiger partial charge in [-0.25, -0.2) is 0 Å². The largest absolute Gasteiger partial charge is 0.497 e. The molecule has 0 bridgehead atoms. The molecule has 170 valence electrons. The fraction of sp³-hybridized carbons (Fsp3) is 0.391. The van der Waals surface area contributed by atoms with Gasteiger partial charge in [-0.3, -0.25) is 4.79 Å². The van der Waals surface area contributed by atoms with E-state index in [1.54, 1.807) is 44.6 Å². The Balaban J connectivity index is 1.62. The van der Waals surface area contributed by atoms with E-state index in [1.165, 1.54) is 6.07 Å². The molecule has 2 aliphatic heterocycles. The Bertz CT molecular complexity index is 1180. The Morgan fingerprint density at radius 1 is 1.09 bits per heavy atom. The number of sulfonamides is 1. The molecule has 8 nitrogen and oxygen atoms in total. The van der Waals surface area contributed by atoms with E-state index in [4.69, 9.17) is 9.47 Å². The third-order valence-corrected chi connectivity index (χ3v) is 7.19. The lowest BCUT2D eigenvalue weighted by Crippen LogP contribution is -2.35. The van der Waals surface area contributed by atoms with Crippen LogP contribution in [0.15, 0.2) is 45.7 Å². The number of nitrogens with one attached hydrogen (secondary N) is 1. The van der Waals surface area contributed by atoms with Gasteiger partial charge in [0.05, 0.1) is 25.9 Å². The number of methoxy groups -OCH3 is 2. The number of carbonyl (C=O) groups is 1. The van der Waals surface area contributed by atoms with Gasteiger partial charge in [0.25, 0.3) is 15.9 Å². The monoisotopic (exact) mass is 457 g/mol. The van der Waals surface area contributed by atoms with Crippen LogP contribution in [0, 0.1) is 0 Å². The van der Waals surface area contributed by atoms with E-state index in [0.29, 0.717) is 29.4 Å². The van der Waals surface area contributed by atoms with Crippen LogP contribution in [-0.2, 0) is 10.0 Å². The molecular weight excluding hydrogens is 430 g/mol. The summed E-state index contributed by atoms with van der Waals surface area (Å²) in [7, 11) is -0.724. The van der Waals surface area contributed by atoms with Crippen molar-refractivity contribution >= 4 is 27.5 Å². The van der Waals surface area contributed by atoms with Crippen LogP contribution in [0.4, 0.5) is 5.69 Å². The summed E-state index contributed by atoms with van der Waals surface area (Å²) in [6.07, 6.45) is 3.57. The maximum atomic E-state index is 13.0. The number of rotatable bonds is 5. The molecule has 1 atom stereocenters. The molecule has 0 aromatic heterocycles. The molecule has 0 saturated carbocycles. The molecule has 2 aromatic carbocycles. The van der Waals surface area contributed by atoms with Crippen LogP contribution in [0.1, 0.15) is 54.6 Å². The molecule has 0 aliphatic carbocycles. The molecule has 1 N–H and O–H groups in total. The van der Waals surface area contributed by atoms with Crippen molar-refractivity contribution < 1.29 is 22.7 Å². The molecule has 0 spiro atoms. The van der Waals surface area contributed by atoms with Gasteiger partial charge in [-0.15, -0.1) is 4.40 Å². The predicted octanol–water partition coefficient (Wildman–Crippen LogP) is 3.68. The lowest BCUT2D eigenvalue weighted by atomic mass is 10.1. The maximum Gasteiger partial charge on any atom is 0.286 e. The maximum absolute atomic E-state index is 13.0. The van der Waals surface area contributed by atoms with Crippen LogP contribution in [0.3, 0.4) is 0 Å². The van der Waals surface area contributed by atoms with Gasteiger partial charge >= 0.3 is 0 Å². The number of hydrogen-bond donors (Lipinski definition) is 1. The van der Waals surface area contributed by atoms with Crippen LogP contribution in [0.5, 0.6) is 11.5 Å². The number of fused-ring (bicyclic) bond motifs is 3. The zero-order valence-electron chi connectivity index (χ0n) is 18.4. The zero-order chi connectivity index (χ0) is 22.9. The lowest BCUT2D eigenvalue weighted by molar-refractivity contribution is 0.0939. The Morgan fingerprint density at radius 3 is 2.66 bits per heavy atom. The summed E-state index contributed by atoms with van der Waals surface area (Å²) in [5.41, 5.74) is 1.61. The summed E-state index contributed by atoms with van der Waals surface area (Å²) in [4.78, 5) is 15.0. The van der Waals surface area contributed by atoms with Crippen molar-refractivity contribution in [1.82, 2.24) is 5.32 Å². The molecule has 1 amide bonds. The summed E-state index contributed by atoms with van der Waals surface area (Å²) in [6, 6.07) is 9.75. The number of nitrogens with zero attached hydrogens (tertiary/aromatic N) is 2. The minimum absolute atomic E-state index is 0.0717. The van der Waals surface area contributed by atoms with E-state index in [0.717, 1.165) is 31.4 Å². The smallest absolute Gasteiger partial charge is 0.286 e. The van der Waals surface area contributed by atoms with Crippen molar-refractivity contribution in [1.29, 1.82) is 0 Å². The fourth-order valence-corrected chi connectivity index (χ4v) is 5.44. The Labute approximate surface area is 188 Å². The average molecular weight is 458 g/mol. The van der Waals surface area contributed by atoms with E-state index in [2.05, 4.69) is 9.71 Å². The second-order valence-corrected chi connectivity index (χ2v) is 9.50. The average Bonchev–Trinajstić information content (AvgIpc) is 3.03. The standard InChI is InChI=1S/C23H27N3O5S/c1-15(18-14-17(30-2)9-11-20(18)31-3)24-23(27)16-8-10-19-21(13-16)32(28,29)25-22-7-5-4-6-12-26(19)22/h8-11,13-15H,4-7,12H2,1-3H3,(H,24,27). The first-order valence-corrected chi connectivity index (χ1v) is 12.1. The molecule has 2 aliphatic rings. The van der Waals surface area contributed by atoms with Gasteiger partial charge in [0.2, 0.25) is 0 Å². The summed E-state index contributed by atoms with van der Waals surface area (Å²) in [6.45, 7) is 2.55. The molecule has 1 saturated heterocycles. The first kappa shape index (κ1) is 22.1. The lowest BCUT2D eigenvalue weighted by Gasteiger charge is -2.29. The molecule has 1 fully saturated rings. The molecule has 1 unspecified atom stereocenters. The van der Waals surface area contributed by atoms with Crippen LogP contribution in [0.2, 0.25) is 0 Å². The van der Waals surface area contributed by atoms with Crippen molar-refractivity contribution in [2.75, 3.05) is 25.7 Å². The molecule has 2 aromatic rings. The second kappa shape index (κ2) is 8.82. The molecule has 2 heterocycles. The quantitative estimate of drug-likeness (QED) is 0.736. The van der Waals surface area contributed by atoms with Crippen LogP contribution < -0.4 is 19.7 Å². The Hall–Kier alpha value is -3.07. The summed E-state index contributed by atoms with van der Waals surface area (Å²) in [5, 5.41) is 2.92. The summed E-state index contributed by atoms with van der Waals surface area (Å²) in [5.74, 6) is 1.47. The Morgan fingerprint density at radius 2 is 1.91 bits per heavy atom. The third-order valence-electron chi connectivity index (χ3n) is 5.86. The summed E-state index contributed by atoms with van der Waals surface area (Å²) < 4.78 is 40.4. The highest BCUT2D eigenvalue weighted by Crippen LogP contribution is 2.35. The highest BCUT2D eigenvalue weighted by atomic mass is 32.2. The molecular formula is C23H27N3O5S. The molecule has 9 heteroatoms. The first-order chi connectivity index (χ1) is 15.3. The van der Waals surface area contributed by atoms with Crippen LogP contribution in [-0.4, -0.2) is 40.9 Å². The van der Waals surface area contributed by atoms with E-state index in [1.807, 2.05) is 11.8 Å². The molecule has 0 radical (unpaired) electrons. The van der Waals surface area contributed by atoms with Crippen molar-refractivity contribution in [3.63, 3.8) is 0 Å². The van der Waals surface area contributed by atoms with Gasteiger partial charge in [-0.05, 0) is 56.2 Å². The van der Waals surface area contributed by atoms with Gasteiger partial charge in [-0.1, -0.05) is 6.42 Å². The normalized spacial score (nSPS) is 17.8. The highest BCUT2D eigenvalue weighted by Gasteiger charge is 2.32. The minimum atomic E-state index is -3.86. The SMILES string of the molecule is COc1ccc(OC)c(C(C)NC(=O)c2ccc3c(c2)S(=O)(=O)N=C2CCCCCN23)c1. The number of ether oxygens (including phenoxy) is 2. The molecule has 32 heavy (non-hydrogen) atoms. The third kappa shape index (κ3) is 4.17. The second-order valence-electron chi connectivity index (χ2n) is 7.93. The van der Waals surface area contributed by atoms with E-state index in [-0.39, 0.29) is 16.4 Å². The number of benzene rings is 2. The van der Waals surface area contributed by atoms with Crippen molar-refractivity contribution in [2.45, 2.75) is 43.5 Å². The Kier molecular flexibility index (Phi) is 6.10. The minimum Gasteiger partial charge on any atom is -0.497 e. The topological polar surface area (TPSA) is 97.3 Å². The number of anilines is 1. The van der Waals surface area contributed by atoms with E-state index in [9.17, 15) is 13.2 Å². The number of amidine groups is 1. The number of amides is 1. The van der Waals surface area contributed by atoms with Gasteiger partial charge in [-0.2, -0.15) is 8.42 Å². The van der Waals surface area contributed by atoms with Crippen LogP contribution >= 0.6 is 0 Å². The van der Waals surface area contributed by atoms with Gasteiger partial charge < -0.3 is 19.7 Å². The number of hydrogen-bond acceptors (Lipinski definition) is 6. The van der Waals surface area contributed by atoms with E-state index < -0.39 is 16.1 Å². The van der Waals surface area contributed by atoms with Gasteiger partial charge in [0, 0.05) is 24.1 Å². The zero-order valence-corrected chi connectivity index (χ0v) is 19.2. The first-order valence-electron chi connectivity index (χ1n) is 10.6. The highest BCUT2D eigenvalue weighted by molar-refractivity contribution is 7.90. The van der Waals surface area contributed by atoms with Crippen molar-refractivity contribution in [2.24, 2.45) is 4.40 Å².